The monoisotopic (exact) mass is 295 g/mol. The van der Waals surface area contributed by atoms with Crippen molar-refractivity contribution in [2.24, 2.45) is 16.7 Å². The van der Waals surface area contributed by atoms with Crippen molar-refractivity contribution in [3.63, 3.8) is 0 Å². The number of carbonyl (C=O) groups is 1. The summed E-state index contributed by atoms with van der Waals surface area (Å²) in [6.45, 7) is 11.3. The maximum atomic E-state index is 12.2. The summed E-state index contributed by atoms with van der Waals surface area (Å²) in [6.07, 6.45) is 4.20. The molecule has 1 saturated heterocycles. The summed E-state index contributed by atoms with van der Waals surface area (Å²) in [7, 11) is 0. The van der Waals surface area contributed by atoms with Crippen LogP contribution < -0.4 is 0 Å². The number of hydrogen-bond acceptors (Lipinski definition) is 4. The van der Waals surface area contributed by atoms with Crippen molar-refractivity contribution in [3.05, 3.63) is 0 Å². The minimum absolute atomic E-state index is 0.0175. The van der Waals surface area contributed by atoms with Gasteiger partial charge in [-0.25, -0.2) is 0 Å². The van der Waals surface area contributed by atoms with Crippen LogP contribution in [0.15, 0.2) is 0 Å². The Labute approximate surface area is 128 Å². The van der Waals surface area contributed by atoms with E-state index in [-0.39, 0.29) is 17.5 Å². The first-order chi connectivity index (χ1) is 9.93. The maximum Gasteiger partial charge on any atom is 0.307 e. The maximum absolute atomic E-state index is 12.2. The van der Waals surface area contributed by atoms with Gasteiger partial charge in [0, 0.05) is 25.0 Å². The zero-order valence-electron chi connectivity index (χ0n) is 13.7. The van der Waals surface area contributed by atoms with Crippen LogP contribution in [0.4, 0.5) is 0 Å². The third-order valence-electron chi connectivity index (χ3n) is 6.72. The fraction of sp³-hybridized carbons (Fsp3) is 0.941. The minimum Gasteiger partial charge on any atom is -0.462 e. The summed E-state index contributed by atoms with van der Waals surface area (Å²) in [5, 5.41) is 0. The summed E-state index contributed by atoms with van der Waals surface area (Å²) < 4.78 is 11.2. The van der Waals surface area contributed by atoms with Gasteiger partial charge in [-0.05, 0) is 30.6 Å². The van der Waals surface area contributed by atoms with Crippen LogP contribution in [0.25, 0.3) is 0 Å². The van der Waals surface area contributed by atoms with Gasteiger partial charge >= 0.3 is 5.97 Å². The summed E-state index contributed by atoms with van der Waals surface area (Å²) >= 11 is 0. The predicted octanol–water partition coefficient (Wildman–Crippen LogP) is 2.47. The Bertz CT molecular complexity index is 403. The predicted molar refractivity (Wildman–Crippen MR) is 81.0 cm³/mol. The molecule has 3 rings (SSSR count). The van der Waals surface area contributed by atoms with E-state index in [9.17, 15) is 4.79 Å². The minimum atomic E-state index is -0.0175. The highest BCUT2D eigenvalue weighted by Gasteiger charge is 2.62. The third kappa shape index (κ3) is 2.61. The Kier molecular flexibility index (Phi) is 4.04. The Morgan fingerprint density at radius 2 is 2.00 bits per heavy atom. The number of carbonyl (C=O) groups excluding carboxylic acids is 1. The molecule has 0 amide bonds. The molecule has 4 heteroatoms. The molecule has 0 aromatic rings. The number of rotatable bonds is 4. The van der Waals surface area contributed by atoms with Crippen molar-refractivity contribution in [3.8, 4) is 0 Å². The van der Waals surface area contributed by atoms with E-state index in [0.717, 1.165) is 45.2 Å². The van der Waals surface area contributed by atoms with Gasteiger partial charge in [0.25, 0.3) is 0 Å². The number of esters is 1. The number of nitrogens with zero attached hydrogens (tertiary/aromatic N) is 1. The lowest BCUT2D eigenvalue weighted by Gasteiger charge is -2.38. The topological polar surface area (TPSA) is 38.8 Å². The molecule has 0 spiro atoms. The standard InChI is InChI=1S/C17H29NO3/c1-16(2)13-4-6-17(16,3)14(12-13)21-15(19)5-7-18-8-10-20-11-9-18/h13-14H,4-12H2,1-3H3/t13-,14+,17+/m0/s1. The van der Waals surface area contributed by atoms with E-state index in [4.69, 9.17) is 9.47 Å². The SMILES string of the molecule is CC1(C)[C@H]2CC[C@]1(C)[C@H](OC(=O)CCN1CCOCC1)C2. The molecule has 3 aliphatic rings. The summed E-state index contributed by atoms with van der Waals surface area (Å²) in [5.74, 6) is 0.704. The quantitative estimate of drug-likeness (QED) is 0.747. The van der Waals surface area contributed by atoms with E-state index in [1.807, 2.05) is 0 Å². The second-order valence-electron chi connectivity index (χ2n) is 7.79. The Morgan fingerprint density at radius 1 is 1.29 bits per heavy atom. The van der Waals surface area contributed by atoms with Crippen LogP contribution in [0, 0.1) is 16.7 Å². The first kappa shape index (κ1) is 15.3. The van der Waals surface area contributed by atoms with E-state index < -0.39 is 0 Å². The number of morpholine rings is 1. The van der Waals surface area contributed by atoms with Gasteiger partial charge in [0.2, 0.25) is 0 Å². The second-order valence-corrected chi connectivity index (χ2v) is 7.79. The van der Waals surface area contributed by atoms with Crippen molar-refractivity contribution in [1.82, 2.24) is 4.90 Å². The van der Waals surface area contributed by atoms with Crippen LogP contribution in [-0.2, 0) is 14.3 Å². The Hall–Kier alpha value is -0.610. The lowest BCUT2D eigenvalue weighted by molar-refractivity contribution is -0.157. The van der Waals surface area contributed by atoms with Gasteiger partial charge in [-0.15, -0.1) is 0 Å². The number of fused-ring (bicyclic) bond motifs is 2. The largest absolute Gasteiger partial charge is 0.462 e. The van der Waals surface area contributed by atoms with Gasteiger partial charge in [-0.2, -0.15) is 0 Å². The molecule has 1 aliphatic heterocycles. The molecule has 0 unspecified atom stereocenters. The highest BCUT2D eigenvalue weighted by molar-refractivity contribution is 5.70. The van der Waals surface area contributed by atoms with Crippen molar-refractivity contribution in [2.45, 2.75) is 52.6 Å². The lowest BCUT2D eigenvalue weighted by Crippen LogP contribution is -2.40. The van der Waals surface area contributed by atoms with E-state index in [1.165, 1.54) is 12.8 Å². The van der Waals surface area contributed by atoms with Crippen LogP contribution in [-0.4, -0.2) is 49.8 Å². The van der Waals surface area contributed by atoms with Crippen molar-refractivity contribution >= 4 is 5.97 Å². The zero-order valence-corrected chi connectivity index (χ0v) is 13.7. The van der Waals surface area contributed by atoms with Crippen LogP contribution in [0.1, 0.15) is 46.5 Å². The normalized spacial score (nSPS) is 38.6. The number of hydrogen-bond donors (Lipinski definition) is 0. The van der Waals surface area contributed by atoms with Crippen LogP contribution >= 0.6 is 0 Å². The van der Waals surface area contributed by atoms with Gasteiger partial charge in [-0.3, -0.25) is 9.69 Å². The molecule has 0 aromatic carbocycles. The Balaban J connectivity index is 1.49. The summed E-state index contributed by atoms with van der Waals surface area (Å²) in [4.78, 5) is 14.5. The van der Waals surface area contributed by atoms with Gasteiger partial charge in [-0.1, -0.05) is 20.8 Å². The zero-order chi connectivity index (χ0) is 15.1. The molecule has 120 valence electrons. The molecule has 2 saturated carbocycles. The van der Waals surface area contributed by atoms with Crippen LogP contribution in [0.3, 0.4) is 0 Å². The van der Waals surface area contributed by atoms with Crippen LogP contribution in [0.2, 0.25) is 0 Å². The average Bonchev–Trinajstić information content (AvgIpc) is 2.79. The van der Waals surface area contributed by atoms with Gasteiger partial charge in [0.05, 0.1) is 19.6 Å². The van der Waals surface area contributed by atoms with E-state index in [2.05, 4.69) is 25.7 Å². The van der Waals surface area contributed by atoms with Crippen LogP contribution in [0.5, 0.6) is 0 Å². The molecule has 2 bridgehead atoms. The fourth-order valence-corrected chi connectivity index (χ4v) is 4.60. The van der Waals surface area contributed by atoms with Crippen molar-refractivity contribution < 1.29 is 14.3 Å². The molecule has 3 atom stereocenters. The molecule has 0 N–H and O–H groups in total. The highest BCUT2D eigenvalue weighted by atomic mass is 16.5. The highest BCUT2D eigenvalue weighted by Crippen LogP contribution is 2.66. The van der Waals surface area contributed by atoms with Gasteiger partial charge in [0.15, 0.2) is 0 Å². The molecule has 3 fully saturated rings. The van der Waals surface area contributed by atoms with E-state index in [1.54, 1.807) is 0 Å². The average molecular weight is 295 g/mol. The van der Waals surface area contributed by atoms with E-state index in [0.29, 0.717) is 11.8 Å². The molecule has 1 heterocycles. The van der Waals surface area contributed by atoms with E-state index >= 15 is 0 Å². The number of ether oxygens (including phenoxy) is 2. The first-order valence-electron chi connectivity index (χ1n) is 8.43. The molecule has 0 aromatic heterocycles. The summed E-state index contributed by atoms with van der Waals surface area (Å²) in [6, 6.07) is 0. The first-order valence-corrected chi connectivity index (χ1v) is 8.43. The molecule has 4 nitrogen and oxygen atoms in total. The van der Waals surface area contributed by atoms with Crippen molar-refractivity contribution in [2.75, 3.05) is 32.8 Å². The molecular formula is C17H29NO3. The molecule has 21 heavy (non-hydrogen) atoms. The fourth-order valence-electron chi connectivity index (χ4n) is 4.60. The smallest absolute Gasteiger partial charge is 0.307 e. The van der Waals surface area contributed by atoms with Gasteiger partial charge < -0.3 is 9.47 Å². The summed E-state index contributed by atoms with van der Waals surface area (Å²) in [5.41, 5.74) is 0.481. The Morgan fingerprint density at radius 3 is 2.57 bits per heavy atom. The second kappa shape index (κ2) is 5.54. The lowest BCUT2D eigenvalue weighted by atomic mass is 9.70. The molecular weight excluding hydrogens is 266 g/mol. The third-order valence-corrected chi connectivity index (χ3v) is 6.72. The molecule has 2 aliphatic carbocycles. The van der Waals surface area contributed by atoms with Gasteiger partial charge in [0.1, 0.15) is 6.10 Å². The molecule has 0 radical (unpaired) electrons. The van der Waals surface area contributed by atoms with Crippen molar-refractivity contribution in [1.29, 1.82) is 0 Å².